The van der Waals surface area contributed by atoms with Gasteiger partial charge < -0.3 is 9.80 Å². The van der Waals surface area contributed by atoms with Crippen LogP contribution in [-0.4, -0.2) is 60.9 Å². The van der Waals surface area contributed by atoms with Crippen molar-refractivity contribution in [2.45, 2.75) is 38.8 Å². The second-order valence-corrected chi connectivity index (χ2v) is 7.81. The maximum Gasteiger partial charge on any atom is 0.259 e. The summed E-state index contributed by atoms with van der Waals surface area (Å²) in [4.78, 5) is 27.9. The minimum atomic E-state index is -0.564. The van der Waals surface area contributed by atoms with Crippen molar-refractivity contribution in [3.63, 3.8) is 0 Å². The van der Waals surface area contributed by atoms with Gasteiger partial charge in [0.2, 0.25) is 5.95 Å². The van der Waals surface area contributed by atoms with Gasteiger partial charge in [-0.3, -0.25) is 4.79 Å². The Bertz CT molecular complexity index is 1080. The van der Waals surface area contributed by atoms with Crippen molar-refractivity contribution in [2.75, 3.05) is 18.0 Å². The molecule has 2 aliphatic heterocycles. The van der Waals surface area contributed by atoms with Crippen LogP contribution in [0.3, 0.4) is 0 Å². The Labute approximate surface area is 173 Å². The highest BCUT2D eigenvalue weighted by Crippen LogP contribution is 2.35. The Balaban J connectivity index is 1.45. The van der Waals surface area contributed by atoms with E-state index in [4.69, 9.17) is 0 Å². The molecule has 9 heteroatoms. The Morgan fingerprint density at radius 2 is 1.73 bits per heavy atom. The van der Waals surface area contributed by atoms with Crippen molar-refractivity contribution in [1.82, 2.24) is 29.9 Å². The number of aryl methyl sites for hydroxylation is 2. The fourth-order valence-corrected chi connectivity index (χ4v) is 4.70. The van der Waals surface area contributed by atoms with Gasteiger partial charge in [-0.1, -0.05) is 6.07 Å². The first-order chi connectivity index (χ1) is 14.5. The third-order valence-corrected chi connectivity index (χ3v) is 5.90. The summed E-state index contributed by atoms with van der Waals surface area (Å²) < 4.78 is 14.8. The highest BCUT2D eigenvalue weighted by Gasteiger charge is 2.46. The molecule has 0 N–H and O–H groups in total. The average molecular weight is 407 g/mol. The molecule has 154 valence electrons. The van der Waals surface area contributed by atoms with E-state index in [2.05, 4.69) is 25.1 Å². The summed E-state index contributed by atoms with van der Waals surface area (Å²) in [5.74, 6) is -0.177. The van der Waals surface area contributed by atoms with E-state index >= 15 is 0 Å². The lowest BCUT2D eigenvalue weighted by atomic mass is 10.1. The van der Waals surface area contributed by atoms with E-state index in [1.54, 1.807) is 17.0 Å². The maximum absolute atomic E-state index is 14.8. The number of amides is 1. The van der Waals surface area contributed by atoms with Crippen LogP contribution in [0, 0.1) is 19.7 Å². The van der Waals surface area contributed by atoms with Crippen LogP contribution in [0.25, 0.3) is 5.69 Å². The zero-order chi connectivity index (χ0) is 20.8. The standard InChI is InChI=1S/C21H22FN7O/c1-13-12-14(2)26-21(25-13)28-11-7-16-17(28)6-10-27(16)20(30)19-15(22)4-3-5-18(19)29-23-8-9-24-29/h3-5,8-9,12,16-17H,6-7,10-11H2,1-2H3/t16-,17-/m0/s1. The highest BCUT2D eigenvalue weighted by atomic mass is 19.1. The van der Waals surface area contributed by atoms with E-state index < -0.39 is 5.82 Å². The Morgan fingerprint density at radius 1 is 1.03 bits per heavy atom. The topological polar surface area (TPSA) is 80.0 Å². The van der Waals surface area contributed by atoms with Gasteiger partial charge in [0.25, 0.3) is 5.91 Å². The van der Waals surface area contributed by atoms with Gasteiger partial charge in [-0.2, -0.15) is 15.0 Å². The van der Waals surface area contributed by atoms with Crippen LogP contribution in [0.1, 0.15) is 34.6 Å². The normalized spacial score (nSPS) is 20.6. The third-order valence-electron chi connectivity index (χ3n) is 5.90. The molecule has 0 radical (unpaired) electrons. The van der Waals surface area contributed by atoms with E-state index in [1.165, 1.54) is 23.3 Å². The molecule has 2 saturated heterocycles. The second-order valence-electron chi connectivity index (χ2n) is 7.81. The molecule has 1 aromatic carbocycles. The van der Waals surface area contributed by atoms with Gasteiger partial charge in [0.15, 0.2) is 0 Å². The number of likely N-dealkylation sites (tertiary alicyclic amines) is 1. The molecule has 8 nitrogen and oxygen atoms in total. The predicted molar refractivity (Wildman–Crippen MR) is 108 cm³/mol. The molecule has 0 bridgehead atoms. The molecular formula is C21H22FN7O. The Kier molecular flexibility index (Phi) is 4.45. The van der Waals surface area contributed by atoms with Gasteiger partial charge in [-0.25, -0.2) is 14.4 Å². The molecule has 0 unspecified atom stereocenters. The van der Waals surface area contributed by atoms with E-state index in [-0.39, 0.29) is 23.6 Å². The van der Waals surface area contributed by atoms with Crippen LogP contribution < -0.4 is 4.90 Å². The quantitative estimate of drug-likeness (QED) is 0.663. The molecule has 2 atom stereocenters. The van der Waals surface area contributed by atoms with Gasteiger partial charge >= 0.3 is 0 Å². The first-order valence-corrected chi connectivity index (χ1v) is 10.1. The molecule has 0 spiro atoms. The lowest BCUT2D eigenvalue weighted by molar-refractivity contribution is 0.0732. The fraction of sp³-hybridized carbons (Fsp3) is 0.381. The lowest BCUT2D eigenvalue weighted by Crippen LogP contribution is -2.40. The van der Waals surface area contributed by atoms with Gasteiger partial charge in [-0.15, -0.1) is 0 Å². The molecule has 0 saturated carbocycles. The largest absolute Gasteiger partial charge is 0.336 e. The SMILES string of the molecule is Cc1cc(C)nc(N2CC[C@H]3[C@@H]2CCN3C(=O)c2c(F)cccc2-n2nccn2)n1. The van der Waals surface area contributed by atoms with Crippen LogP contribution in [0.15, 0.2) is 36.7 Å². The summed E-state index contributed by atoms with van der Waals surface area (Å²) in [7, 11) is 0. The smallest absolute Gasteiger partial charge is 0.259 e. The summed E-state index contributed by atoms with van der Waals surface area (Å²) in [6, 6.07) is 6.61. The fourth-order valence-electron chi connectivity index (χ4n) is 4.70. The Hall–Kier alpha value is -3.36. The summed E-state index contributed by atoms with van der Waals surface area (Å²) in [6.07, 6.45) is 4.61. The summed E-state index contributed by atoms with van der Waals surface area (Å²) in [6.45, 7) is 5.25. The highest BCUT2D eigenvalue weighted by molar-refractivity contribution is 5.98. The number of anilines is 1. The van der Waals surface area contributed by atoms with Gasteiger partial charge in [0, 0.05) is 24.5 Å². The van der Waals surface area contributed by atoms with E-state index in [1.807, 2.05) is 19.9 Å². The molecule has 2 fully saturated rings. The van der Waals surface area contributed by atoms with E-state index in [9.17, 15) is 9.18 Å². The number of benzene rings is 1. The van der Waals surface area contributed by atoms with Crippen LogP contribution in [0.2, 0.25) is 0 Å². The predicted octanol–water partition coefficient (Wildman–Crippen LogP) is 2.31. The number of aromatic nitrogens is 5. The molecule has 3 aromatic rings. The van der Waals surface area contributed by atoms with Crippen LogP contribution >= 0.6 is 0 Å². The minimum Gasteiger partial charge on any atom is -0.336 e. The number of carbonyl (C=O) groups excluding carboxylic acids is 1. The van der Waals surface area contributed by atoms with Crippen molar-refractivity contribution in [2.24, 2.45) is 0 Å². The van der Waals surface area contributed by atoms with Gasteiger partial charge in [0.1, 0.15) is 17.1 Å². The van der Waals surface area contributed by atoms with Crippen molar-refractivity contribution in [1.29, 1.82) is 0 Å². The number of fused-ring (bicyclic) bond motifs is 1. The second kappa shape index (κ2) is 7.16. The Morgan fingerprint density at radius 3 is 2.47 bits per heavy atom. The molecular weight excluding hydrogens is 385 g/mol. The summed E-state index contributed by atoms with van der Waals surface area (Å²) in [5, 5.41) is 8.15. The third kappa shape index (κ3) is 3.01. The van der Waals surface area contributed by atoms with Crippen molar-refractivity contribution < 1.29 is 9.18 Å². The molecule has 4 heterocycles. The number of halogens is 1. The molecule has 30 heavy (non-hydrogen) atoms. The van der Waals surface area contributed by atoms with E-state index in [0.717, 1.165) is 30.8 Å². The zero-order valence-electron chi connectivity index (χ0n) is 16.9. The van der Waals surface area contributed by atoms with Gasteiger partial charge in [-0.05, 0) is 44.9 Å². The van der Waals surface area contributed by atoms with Crippen molar-refractivity contribution in [3.8, 4) is 5.69 Å². The van der Waals surface area contributed by atoms with Crippen LogP contribution in [0.5, 0.6) is 0 Å². The molecule has 0 aliphatic carbocycles. The van der Waals surface area contributed by atoms with Crippen molar-refractivity contribution >= 4 is 11.9 Å². The number of hydrogen-bond acceptors (Lipinski definition) is 6. The summed E-state index contributed by atoms with van der Waals surface area (Å²) >= 11 is 0. The van der Waals surface area contributed by atoms with Gasteiger partial charge in [0.05, 0.1) is 24.5 Å². The first-order valence-electron chi connectivity index (χ1n) is 10.1. The summed E-state index contributed by atoms with van der Waals surface area (Å²) in [5.41, 5.74) is 2.21. The molecule has 2 aliphatic rings. The first kappa shape index (κ1) is 18.7. The molecule has 1 amide bonds. The number of hydrogen-bond donors (Lipinski definition) is 0. The van der Waals surface area contributed by atoms with E-state index in [0.29, 0.717) is 18.2 Å². The zero-order valence-corrected chi connectivity index (χ0v) is 16.9. The average Bonchev–Trinajstić information content (AvgIpc) is 3.44. The molecule has 5 rings (SSSR count). The minimum absolute atomic E-state index is 0.0000416. The maximum atomic E-state index is 14.8. The monoisotopic (exact) mass is 407 g/mol. The van der Waals surface area contributed by atoms with Crippen molar-refractivity contribution in [3.05, 3.63) is 59.4 Å². The number of nitrogens with zero attached hydrogens (tertiary/aromatic N) is 7. The lowest BCUT2D eigenvalue weighted by Gasteiger charge is -2.26. The molecule has 2 aromatic heterocycles. The van der Waals surface area contributed by atoms with Crippen LogP contribution in [0.4, 0.5) is 10.3 Å². The number of rotatable bonds is 3. The number of carbonyl (C=O) groups is 1. The van der Waals surface area contributed by atoms with Crippen LogP contribution in [-0.2, 0) is 0 Å².